The van der Waals surface area contributed by atoms with Gasteiger partial charge < -0.3 is 19.3 Å². The molecule has 2 aliphatic heterocycles. The number of rotatable bonds is 2. The van der Waals surface area contributed by atoms with Gasteiger partial charge in [0.05, 0.1) is 13.2 Å². The van der Waals surface area contributed by atoms with Crippen molar-refractivity contribution in [3.63, 3.8) is 0 Å². The highest BCUT2D eigenvalue weighted by molar-refractivity contribution is 5.68. The lowest BCUT2D eigenvalue weighted by atomic mass is 10.2. The van der Waals surface area contributed by atoms with Crippen LogP contribution in [0.2, 0.25) is 0 Å². The maximum atomic E-state index is 11.7. The zero-order valence-corrected chi connectivity index (χ0v) is 9.81. The van der Waals surface area contributed by atoms with Crippen LogP contribution in [0.1, 0.15) is 6.42 Å². The molecule has 0 atom stereocenters. The summed E-state index contributed by atoms with van der Waals surface area (Å²) in [7, 11) is 4.04. The van der Waals surface area contributed by atoms with Gasteiger partial charge in [0.1, 0.15) is 0 Å². The number of carbonyl (C=O) groups excluding carboxylic acids is 1. The van der Waals surface area contributed by atoms with Crippen LogP contribution < -0.4 is 0 Å². The van der Waals surface area contributed by atoms with Crippen molar-refractivity contribution in [2.45, 2.75) is 12.5 Å². The van der Waals surface area contributed by atoms with Gasteiger partial charge in [0.2, 0.25) is 0 Å². The minimum Gasteiger partial charge on any atom is -0.441 e. The zero-order valence-electron chi connectivity index (χ0n) is 9.81. The van der Waals surface area contributed by atoms with Crippen molar-refractivity contribution in [2.75, 3.05) is 40.4 Å². The van der Waals surface area contributed by atoms with E-state index >= 15 is 0 Å². The molecule has 0 saturated carbocycles. The lowest BCUT2D eigenvalue weighted by Crippen LogP contribution is -2.44. The fourth-order valence-electron chi connectivity index (χ4n) is 1.73. The summed E-state index contributed by atoms with van der Waals surface area (Å²) in [5.41, 5.74) is 1.27. The van der Waals surface area contributed by atoms with Crippen LogP contribution in [0.3, 0.4) is 0 Å². The van der Waals surface area contributed by atoms with Crippen LogP contribution in [0.4, 0.5) is 4.79 Å². The standard InChI is InChI=1S/C11H18N2O3/c1-12(2)9-3-5-13(6-4-9)11(14)16-10-7-15-8-10/h3,10H,4-8H2,1-2H3. The molecule has 0 aromatic heterocycles. The summed E-state index contributed by atoms with van der Waals surface area (Å²) in [4.78, 5) is 15.5. The monoisotopic (exact) mass is 226 g/mol. The second-order valence-corrected chi connectivity index (χ2v) is 4.33. The van der Waals surface area contributed by atoms with E-state index in [4.69, 9.17) is 9.47 Å². The molecule has 0 aromatic rings. The van der Waals surface area contributed by atoms with E-state index in [1.165, 1.54) is 5.70 Å². The Morgan fingerprint density at radius 3 is 2.75 bits per heavy atom. The predicted molar refractivity (Wildman–Crippen MR) is 59.0 cm³/mol. The molecule has 0 unspecified atom stereocenters. The van der Waals surface area contributed by atoms with Crippen molar-refractivity contribution in [2.24, 2.45) is 0 Å². The largest absolute Gasteiger partial charge is 0.441 e. The van der Waals surface area contributed by atoms with Crippen molar-refractivity contribution >= 4 is 6.09 Å². The molecule has 5 heteroatoms. The molecule has 16 heavy (non-hydrogen) atoms. The number of hydrogen-bond acceptors (Lipinski definition) is 4. The van der Waals surface area contributed by atoms with Crippen LogP contribution in [0.5, 0.6) is 0 Å². The van der Waals surface area contributed by atoms with E-state index in [0.717, 1.165) is 13.0 Å². The quantitative estimate of drug-likeness (QED) is 0.694. The maximum Gasteiger partial charge on any atom is 0.410 e. The summed E-state index contributed by atoms with van der Waals surface area (Å²) in [6.07, 6.45) is 2.71. The first kappa shape index (κ1) is 11.3. The number of carbonyl (C=O) groups is 1. The molecule has 1 fully saturated rings. The fraction of sp³-hybridized carbons (Fsp3) is 0.727. The van der Waals surface area contributed by atoms with E-state index in [1.54, 1.807) is 4.90 Å². The third-order valence-corrected chi connectivity index (χ3v) is 2.89. The Balaban J connectivity index is 1.81. The van der Waals surface area contributed by atoms with Crippen molar-refractivity contribution in [3.05, 3.63) is 11.8 Å². The topological polar surface area (TPSA) is 42.0 Å². The van der Waals surface area contributed by atoms with Gasteiger partial charge in [0.15, 0.2) is 6.10 Å². The molecule has 0 aromatic carbocycles. The van der Waals surface area contributed by atoms with E-state index < -0.39 is 0 Å². The van der Waals surface area contributed by atoms with Crippen molar-refractivity contribution < 1.29 is 14.3 Å². The molecule has 1 saturated heterocycles. The third kappa shape index (κ3) is 2.47. The first-order chi connectivity index (χ1) is 7.66. The third-order valence-electron chi connectivity index (χ3n) is 2.89. The number of ether oxygens (including phenoxy) is 2. The van der Waals surface area contributed by atoms with E-state index in [0.29, 0.717) is 19.8 Å². The van der Waals surface area contributed by atoms with Gasteiger partial charge >= 0.3 is 6.09 Å². The van der Waals surface area contributed by atoms with Gasteiger partial charge in [-0.3, -0.25) is 0 Å². The summed E-state index contributed by atoms with van der Waals surface area (Å²) in [6.45, 7) is 2.45. The highest BCUT2D eigenvalue weighted by atomic mass is 16.6. The van der Waals surface area contributed by atoms with Gasteiger partial charge in [0.25, 0.3) is 0 Å². The van der Waals surface area contributed by atoms with Crippen molar-refractivity contribution in [1.82, 2.24) is 9.80 Å². The van der Waals surface area contributed by atoms with Crippen LogP contribution in [-0.2, 0) is 9.47 Å². The molecule has 5 nitrogen and oxygen atoms in total. The average Bonchev–Trinajstić information content (AvgIpc) is 2.23. The smallest absolute Gasteiger partial charge is 0.410 e. The molecule has 2 rings (SSSR count). The van der Waals surface area contributed by atoms with Crippen molar-refractivity contribution in [3.8, 4) is 0 Å². The van der Waals surface area contributed by atoms with Crippen LogP contribution >= 0.6 is 0 Å². The second-order valence-electron chi connectivity index (χ2n) is 4.33. The maximum absolute atomic E-state index is 11.7. The lowest BCUT2D eigenvalue weighted by Gasteiger charge is -2.32. The summed E-state index contributed by atoms with van der Waals surface area (Å²) >= 11 is 0. The molecule has 1 amide bonds. The minimum atomic E-state index is -0.220. The highest BCUT2D eigenvalue weighted by Gasteiger charge is 2.26. The molecule has 0 radical (unpaired) electrons. The average molecular weight is 226 g/mol. The van der Waals surface area contributed by atoms with Gasteiger partial charge in [0, 0.05) is 39.3 Å². The van der Waals surface area contributed by atoms with E-state index in [-0.39, 0.29) is 12.2 Å². The second kappa shape index (κ2) is 4.74. The van der Waals surface area contributed by atoms with Crippen LogP contribution in [0.15, 0.2) is 11.8 Å². The lowest BCUT2D eigenvalue weighted by molar-refractivity contribution is -0.104. The predicted octanol–water partition coefficient (Wildman–Crippen LogP) is 0.673. The van der Waals surface area contributed by atoms with Gasteiger partial charge in [-0.15, -0.1) is 0 Å². The first-order valence-corrected chi connectivity index (χ1v) is 5.56. The number of amides is 1. The fourth-order valence-corrected chi connectivity index (χ4v) is 1.73. The highest BCUT2D eigenvalue weighted by Crippen LogP contribution is 2.15. The van der Waals surface area contributed by atoms with Crippen LogP contribution in [-0.4, -0.2) is 62.4 Å². The number of hydrogen-bond donors (Lipinski definition) is 0. The molecule has 0 N–H and O–H groups in total. The molecular weight excluding hydrogens is 208 g/mol. The van der Waals surface area contributed by atoms with E-state index in [9.17, 15) is 4.79 Å². The Morgan fingerprint density at radius 2 is 2.31 bits per heavy atom. The Morgan fingerprint density at radius 1 is 1.56 bits per heavy atom. The SMILES string of the molecule is CN(C)C1=CCN(C(=O)OC2COC2)CC1. The van der Waals surface area contributed by atoms with E-state index in [1.807, 2.05) is 14.1 Å². The Labute approximate surface area is 95.6 Å². The van der Waals surface area contributed by atoms with Crippen LogP contribution in [0, 0.1) is 0 Å². The van der Waals surface area contributed by atoms with Gasteiger partial charge in [-0.25, -0.2) is 4.79 Å². The summed E-state index contributed by atoms with van der Waals surface area (Å²) < 4.78 is 10.2. The Bertz CT molecular complexity index is 298. The molecule has 0 spiro atoms. The summed E-state index contributed by atoms with van der Waals surface area (Å²) in [6, 6.07) is 0. The Hall–Kier alpha value is -1.23. The molecule has 2 aliphatic rings. The van der Waals surface area contributed by atoms with E-state index in [2.05, 4.69) is 11.0 Å². The van der Waals surface area contributed by atoms with Crippen molar-refractivity contribution in [1.29, 1.82) is 0 Å². The summed E-state index contributed by atoms with van der Waals surface area (Å²) in [5.74, 6) is 0. The molecule has 90 valence electrons. The first-order valence-electron chi connectivity index (χ1n) is 5.56. The van der Waals surface area contributed by atoms with Crippen LogP contribution in [0.25, 0.3) is 0 Å². The molecule has 2 heterocycles. The van der Waals surface area contributed by atoms with Gasteiger partial charge in [-0.05, 0) is 6.08 Å². The molecule has 0 aliphatic carbocycles. The van der Waals surface area contributed by atoms with Gasteiger partial charge in [-0.2, -0.15) is 0 Å². The molecule has 0 bridgehead atoms. The number of nitrogens with zero attached hydrogens (tertiary/aromatic N) is 2. The summed E-state index contributed by atoms with van der Waals surface area (Å²) in [5, 5.41) is 0. The molecular formula is C11H18N2O3. The minimum absolute atomic E-state index is 0.0354. The zero-order chi connectivity index (χ0) is 11.5. The Kier molecular flexibility index (Phi) is 3.33. The normalized spacial score (nSPS) is 21.1. The van der Waals surface area contributed by atoms with Gasteiger partial charge in [-0.1, -0.05) is 0 Å².